The van der Waals surface area contributed by atoms with Gasteiger partial charge in [-0.25, -0.2) is 0 Å². The first kappa shape index (κ1) is 21.9. The van der Waals surface area contributed by atoms with Gasteiger partial charge in [0.15, 0.2) is 0 Å². The van der Waals surface area contributed by atoms with Crippen LogP contribution in [0, 0.1) is 5.41 Å². The highest BCUT2D eigenvalue weighted by molar-refractivity contribution is 6.84. The maximum atomic E-state index is 2.68. The number of aromatic nitrogens is 1. The van der Waals surface area contributed by atoms with Crippen molar-refractivity contribution in [2.75, 3.05) is 9.62 Å². The molecule has 0 aliphatic carbocycles. The van der Waals surface area contributed by atoms with Gasteiger partial charge in [0.1, 0.15) is 6.17 Å². The molecule has 1 fully saturated rings. The van der Waals surface area contributed by atoms with E-state index in [9.17, 15) is 0 Å². The molecule has 3 heterocycles. The summed E-state index contributed by atoms with van der Waals surface area (Å²) in [7, 11) is 0. The predicted molar refractivity (Wildman–Crippen MR) is 131 cm³/mol. The third-order valence-corrected chi connectivity index (χ3v) is 6.74. The maximum absolute atomic E-state index is 2.68. The standard InChI is InChI=1S/C21H31B2N3.C3H8/c1-20(2,3)18-22(6)25(16-12-9-8-10-13-16)19-21(4,5)24-15-11-14-17(24)26(19)23(18)7;1-3-2/h8-15,18-19H,1-7H3;3H2,1-2H3. The molecule has 0 amide bonds. The molecule has 1 aromatic heterocycles. The van der Waals surface area contributed by atoms with Crippen molar-refractivity contribution in [3.8, 4) is 0 Å². The number of fused-ring (bicyclic) bond motifs is 3. The smallest absolute Gasteiger partial charge is 0.254 e. The Morgan fingerprint density at radius 3 is 2.00 bits per heavy atom. The molecular weight excluding hydrogens is 352 g/mol. The topological polar surface area (TPSA) is 11.4 Å². The lowest BCUT2D eigenvalue weighted by atomic mass is 9.24. The van der Waals surface area contributed by atoms with Gasteiger partial charge in [-0.2, -0.15) is 0 Å². The maximum Gasteiger partial charge on any atom is 0.254 e. The van der Waals surface area contributed by atoms with Crippen LogP contribution in [0.4, 0.5) is 11.5 Å². The average Bonchev–Trinajstić information content (AvgIpc) is 3.18. The molecule has 29 heavy (non-hydrogen) atoms. The lowest BCUT2D eigenvalue weighted by Gasteiger charge is -2.57. The highest BCUT2D eigenvalue weighted by atomic mass is 15.5. The molecule has 5 heteroatoms. The van der Waals surface area contributed by atoms with E-state index in [0.717, 1.165) is 0 Å². The molecular formula is C24H39B2N3. The lowest BCUT2D eigenvalue weighted by molar-refractivity contribution is 0.326. The van der Waals surface area contributed by atoms with Crippen molar-refractivity contribution in [1.82, 2.24) is 4.57 Å². The summed E-state index contributed by atoms with van der Waals surface area (Å²) in [6.07, 6.45) is 3.82. The molecule has 0 radical (unpaired) electrons. The number of benzene rings is 1. The van der Waals surface area contributed by atoms with Gasteiger partial charge in [-0.15, -0.1) is 0 Å². The summed E-state index contributed by atoms with van der Waals surface area (Å²) in [5, 5.41) is 0. The number of hydrogen-bond donors (Lipinski definition) is 0. The molecule has 0 N–H and O–H groups in total. The zero-order valence-corrected chi connectivity index (χ0v) is 20.0. The Morgan fingerprint density at radius 1 is 0.897 bits per heavy atom. The molecule has 0 saturated carbocycles. The fourth-order valence-electron chi connectivity index (χ4n) is 5.96. The Bertz CT molecular complexity index is 809. The van der Waals surface area contributed by atoms with Crippen LogP contribution in [-0.2, 0) is 5.54 Å². The van der Waals surface area contributed by atoms with Crippen LogP contribution in [0.5, 0.6) is 0 Å². The second-order valence-corrected chi connectivity index (χ2v) is 10.5. The summed E-state index contributed by atoms with van der Waals surface area (Å²) < 4.78 is 2.47. The van der Waals surface area contributed by atoms with Crippen LogP contribution in [0.25, 0.3) is 0 Å². The molecule has 2 atom stereocenters. The van der Waals surface area contributed by atoms with Crippen molar-refractivity contribution in [1.29, 1.82) is 0 Å². The van der Waals surface area contributed by atoms with Crippen LogP contribution in [-0.4, -0.2) is 24.4 Å². The van der Waals surface area contributed by atoms with E-state index < -0.39 is 0 Å². The molecule has 3 nitrogen and oxygen atoms in total. The quantitative estimate of drug-likeness (QED) is 0.514. The van der Waals surface area contributed by atoms with Crippen LogP contribution in [0.1, 0.15) is 54.9 Å². The van der Waals surface area contributed by atoms with Crippen LogP contribution < -0.4 is 9.62 Å². The van der Waals surface area contributed by atoms with Crippen LogP contribution in [0.15, 0.2) is 48.7 Å². The molecule has 1 saturated heterocycles. The largest absolute Gasteiger partial charge is 0.396 e. The van der Waals surface area contributed by atoms with Crippen molar-refractivity contribution in [3.63, 3.8) is 0 Å². The summed E-state index contributed by atoms with van der Waals surface area (Å²) >= 11 is 0. The molecule has 2 aliphatic heterocycles. The molecule has 156 valence electrons. The first-order chi connectivity index (χ1) is 13.6. The summed E-state index contributed by atoms with van der Waals surface area (Å²) in [6, 6.07) is 15.5. The minimum Gasteiger partial charge on any atom is -0.396 e. The molecule has 1 aromatic carbocycles. The highest BCUT2D eigenvalue weighted by Crippen LogP contribution is 2.51. The van der Waals surface area contributed by atoms with Crippen molar-refractivity contribution in [3.05, 3.63) is 48.7 Å². The zero-order valence-electron chi connectivity index (χ0n) is 20.0. The van der Waals surface area contributed by atoms with Gasteiger partial charge in [0.05, 0.1) is 11.4 Å². The Labute approximate surface area is 179 Å². The van der Waals surface area contributed by atoms with E-state index in [2.05, 4.69) is 125 Å². The normalized spacial score (nSPS) is 22.8. The monoisotopic (exact) mass is 391 g/mol. The SMILES string of the molecule is CB1C(C(C)(C)C)B(C)N2c3cccn3C(C)(C)C2N1c1ccccc1.CCC. The van der Waals surface area contributed by atoms with Crippen LogP contribution >= 0.6 is 0 Å². The minimum absolute atomic E-state index is 0.0139. The van der Waals surface area contributed by atoms with Gasteiger partial charge < -0.3 is 14.2 Å². The third kappa shape index (κ3) is 3.51. The van der Waals surface area contributed by atoms with E-state index in [-0.39, 0.29) is 11.0 Å². The summed E-state index contributed by atoms with van der Waals surface area (Å²) in [5.74, 6) is 1.36. The Balaban J connectivity index is 0.000000755. The second kappa shape index (κ2) is 7.81. The highest BCUT2D eigenvalue weighted by Gasteiger charge is 2.59. The van der Waals surface area contributed by atoms with Gasteiger partial charge in [-0.3, -0.25) is 0 Å². The first-order valence-corrected chi connectivity index (χ1v) is 11.4. The van der Waals surface area contributed by atoms with E-state index in [1.54, 1.807) is 0 Å². The number of para-hydroxylation sites is 1. The van der Waals surface area contributed by atoms with Gasteiger partial charge in [0.2, 0.25) is 0 Å². The third-order valence-electron chi connectivity index (χ3n) is 6.74. The summed E-state index contributed by atoms with van der Waals surface area (Å²) in [4.78, 5) is 5.37. The molecule has 2 unspecified atom stereocenters. The molecule has 4 rings (SSSR count). The lowest BCUT2D eigenvalue weighted by Crippen LogP contribution is -2.71. The van der Waals surface area contributed by atoms with Crippen LogP contribution in [0.2, 0.25) is 19.4 Å². The van der Waals surface area contributed by atoms with Gasteiger partial charge in [-0.05, 0) is 49.2 Å². The Morgan fingerprint density at radius 2 is 1.45 bits per heavy atom. The second-order valence-electron chi connectivity index (χ2n) is 10.5. The molecule has 2 aromatic rings. The van der Waals surface area contributed by atoms with E-state index in [0.29, 0.717) is 25.6 Å². The molecule has 0 spiro atoms. The van der Waals surface area contributed by atoms with Gasteiger partial charge >= 0.3 is 0 Å². The van der Waals surface area contributed by atoms with E-state index in [1.165, 1.54) is 17.9 Å². The van der Waals surface area contributed by atoms with E-state index in [1.807, 2.05) is 0 Å². The summed E-state index contributed by atoms with van der Waals surface area (Å²) in [6.45, 7) is 22.0. The van der Waals surface area contributed by atoms with Crippen LogP contribution in [0.3, 0.4) is 0 Å². The fraction of sp³-hybridized carbons (Fsp3) is 0.583. The average molecular weight is 391 g/mol. The van der Waals surface area contributed by atoms with Gasteiger partial charge in [-0.1, -0.05) is 72.9 Å². The van der Waals surface area contributed by atoms with Crippen molar-refractivity contribution >= 4 is 25.2 Å². The number of hydrogen-bond acceptors (Lipinski definition) is 2. The predicted octanol–water partition coefficient (Wildman–Crippen LogP) is 6.50. The Kier molecular flexibility index (Phi) is 5.91. The van der Waals surface area contributed by atoms with Crippen molar-refractivity contribution in [2.45, 2.75) is 86.0 Å². The number of rotatable bonds is 1. The minimum atomic E-state index is 0.0139. The van der Waals surface area contributed by atoms with E-state index >= 15 is 0 Å². The number of anilines is 2. The zero-order chi connectivity index (χ0) is 21.6. The first-order valence-electron chi connectivity index (χ1n) is 11.4. The van der Waals surface area contributed by atoms with Gasteiger partial charge in [0, 0.05) is 11.9 Å². The molecule has 2 aliphatic rings. The van der Waals surface area contributed by atoms with E-state index in [4.69, 9.17) is 0 Å². The van der Waals surface area contributed by atoms with Gasteiger partial charge in [0.25, 0.3) is 13.7 Å². The van der Waals surface area contributed by atoms with Crippen molar-refractivity contribution < 1.29 is 0 Å². The Hall–Kier alpha value is -1.77. The summed E-state index contributed by atoms with van der Waals surface area (Å²) in [5.41, 5.74) is 2.15. The number of nitrogens with zero attached hydrogens (tertiary/aromatic N) is 3. The fourth-order valence-corrected chi connectivity index (χ4v) is 5.96. The van der Waals surface area contributed by atoms with Crippen molar-refractivity contribution in [2.24, 2.45) is 5.41 Å². The molecule has 0 bridgehead atoms.